The Balaban J connectivity index is 1.75. The van der Waals surface area contributed by atoms with E-state index in [9.17, 15) is 9.59 Å². The predicted molar refractivity (Wildman–Crippen MR) is 104 cm³/mol. The van der Waals surface area contributed by atoms with Crippen molar-refractivity contribution in [3.8, 4) is 23.9 Å². The van der Waals surface area contributed by atoms with Crippen molar-refractivity contribution in [3.63, 3.8) is 0 Å². The zero-order chi connectivity index (χ0) is 19.8. The Bertz CT molecular complexity index is 1350. The van der Waals surface area contributed by atoms with Crippen molar-refractivity contribution in [2.75, 3.05) is 0 Å². The lowest BCUT2D eigenvalue weighted by Gasteiger charge is -2.03. The predicted octanol–water partition coefficient (Wildman–Crippen LogP) is 0.672. The first-order valence-electron chi connectivity index (χ1n) is 8.57. The number of terminal acetylenes is 1. The van der Waals surface area contributed by atoms with Crippen molar-refractivity contribution in [2.24, 2.45) is 7.05 Å². The van der Waals surface area contributed by atoms with Gasteiger partial charge in [-0.1, -0.05) is 41.0 Å². The molecule has 0 fully saturated rings. The Morgan fingerprint density at radius 3 is 2.86 bits per heavy atom. The van der Waals surface area contributed by atoms with Crippen molar-refractivity contribution in [2.45, 2.75) is 20.0 Å². The highest BCUT2D eigenvalue weighted by Crippen LogP contribution is 2.16. The van der Waals surface area contributed by atoms with E-state index in [0.717, 1.165) is 10.1 Å². The Kier molecular flexibility index (Phi) is 4.16. The van der Waals surface area contributed by atoms with E-state index in [4.69, 9.17) is 6.42 Å². The van der Waals surface area contributed by atoms with E-state index in [1.54, 1.807) is 10.9 Å². The SMILES string of the molecule is C#CCn1c(=O)c2[nH]c(-c3cn(Cc4cccc(C)c4)nn3)nc2n(C)c1=O. The standard InChI is InChI=1S/C19H17N7O2/c1-4-8-26-18(27)15-17(24(3)19(26)28)21-16(20-15)14-11-25(23-22-14)10-13-7-5-6-12(2)9-13/h1,5-7,9,11H,8,10H2,2-3H3,(H,20,21). The van der Waals surface area contributed by atoms with E-state index in [2.05, 4.69) is 32.3 Å². The zero-order valence-electron chi connectivity index (χ0n) is 15.4. The van der Waals surface area contributed by atoms with Crippen LogP contribution in [-0.2, 0) is 20.1 Å². The fourth-order valence-corrected chi connectivity index (χ4v) is 3.08. The van der Waals surface area contributed by atoms with Crippen molar-refractivity contribution in [3.05, 3.63) is 62.4 Å². The average molecular weight is 375 g/mol. The van der Waals surface area contributed by atoms with Crippen molar-refractivity contribution < 1.29 is 0 Å². The lowest BCUT2D eigenvalue weighted by atomic mass is 10.1. The highest BCUT2D eigenvalue weighted by molar-refractivity contribution is 5.74. The Morgan fingerprint density at radius 1 is 1.29 bits per heavy atom. The second-order valence-electron chi connectivity index (χ2n) is 6.51. The molecule has 0 aliphatic carbocycles. The van der Waals surface area contributed by atoms with Gasteiger partial charge in [0.1, 0.15) is 11.2 Å². The number of imidazole rings is 1. The maximum atomic E-state index is 12.6. The number of H-pyrrole nitrogens is 1. The number of aryl methyl sites for hydroxylation is 2. The summed E-state index contributed by atoms with van der Waals surface area (Å²) in [7, 11) is 1.54. The number of benzene rings is 1. The lowest BCUT2D eigenvalue weighted by Crippen LogP contribution is -2.38. The summed E-state index contributed by atoms with van der Waals surface area (Å²) in [4.78, 5) is 32.2. The van der Waals surface area contributed by atoms with Gasteiger partial charge in [0.05, 0.1) is 19.3 Å². The number of hydrogen-bond acceptors (Lipinski definition) is 5. The Hall–Kier alpha value is -3.93. The van der Waals surface area contributed by atoms with Gasteiger partial charge < -0.3 is 4.98 Å². The molecule has 1 aromatic carbocycles. The summed E-state index contributed by atoms with van der Waals surface area (Å²) in [6, 6.07) is 8.11. The van der Waals surface area contributed by atoms with Crippen LogP contribution in [-0.4, -0.2) is 34.1 Å². The molecule has 0 bridgehead atoms. The molecule has 4 aromatic rings. The van der Waals surface area contributed by atoms with Gasteiger partial charge in [0.15, 0.2) is 11.5 Å². The van der Waals surface area contributed by atoms with Crippen LogP contribution >= 0.6 is 0 Å². The maximum absolute atomic E-state index is 12.6. The Labute approximate surface area is 159 Å². The van der Waals surface area contributed by atoms with Crippen molar-refractivity contribution in [1.29, 1.82) is 0 Å². The number of aromatic nitrogens is 7. The fourth-order valence-electron chi connectivity index (χ4n) is 3.08. The summed E-state index contributed by atoms with van der Waals surface area (Å²) in [5, 5.41) is 8.26. The number of aromatic amines is 1. The third kappa shape index (κ3) is 2.91. The van der Waals surface area contributed by atoms with Crippen molar-refractivity contribution >= 4 is 11.2 Å². The number of nitrogens with zero attached hydrogens (tertiary/aromatic N) is 6. The minimum absolute atomic E-state index is 0.109. The summed E-state index contributed by atoms with van der Waals surface area (Å²) in [5.74, 6) is 2.67. The number of rotatable bonds is 4. The van der Waals surface area contributed by atoms with E-state index in [0.29, 0.717) is 18.1 Å². The molecule has 0 saturated carbocycles. The summed E-state index contributed by atoms with van der Waals surface area (Å²) in [5.41, 5.74) is 2.14. The van der Waals surface area contributed by atoms with Gasteiger partial charge in [-0.15, -0.1) is 11.5 Å². The van der Waals surface area contributed by atoms with Gasteiger partial charge in [0, 0.05) is 7.05 Å². The van der Waals surface area contributed by atoms with Gasteiger partial charge in [0.25, 0.3) is 5.56 Å². The number of nitrogens with one attached hydrogen (secondary N) is 1. The summed E-state index contributed by atoms with van der Waals surface area (Å²) in [6.07, 6.45) is 6.99. The molecule has 0 spiro atoms. The number of fused-ring (bicyclic) bond motifs is 1. The maximum Gasteiger partial charge on any atom is 0.333 e. The molecule has 3 aromatic heterocycles. The van der Waals surface area contributed by atoms with Crippen LogP contribution in [0.2, 0.25) is 0 Å². The molecule has 0 aliphatic rings. The van der Waals surface area contributed by atoms with Gasteiger partial charge in [-0.25, -0.2) is 19.0 Å². The van der Waals surface area contributed by atoms with Crippen LogP contribution in [0, 0.1) is 19.3 Å². The van der Waals surface area contributed by atoms with E-state index in [1.807, 2.05) is 25.1 Å². The molecule has 0 atom stereocenters. The molecule has 3 heterocycles. The molecule has 0 saturated heterocycles. The summed E-state index contributed by atoms with van der Waals surface area (Å²) >= 11 is 0. The molecule has 0 aliphatic heterocycles. The molecule has 0 unspecified atom stereocenters. The molecule has 0 radical (unpaired) electrons. The van der Waals surface area contributed by atoms with Crippen LogP contribution in [0.5, 0.6) is 0 Å². The van der Waals surface area contributed by atoms with Crippen LogP contribution in [0.1, 0.15) is 11.1 Å². The van der Waals surface area contributed by atoms with E-state index in [-0.39, 0.29) is 17.7 Å². The summed E-state index contributed by atoms with van der Waals surface area (Å²) < 4.78 is 3.96. The fraction of sp³-hybridized carbons (Fsp3) is 0.211. The molecular formula is C19H17N7O2. The molecule has 140 valence electrons. The molecule has 0 amide bonds. The molecular weight excluding hydrogens is 358 g/mol. The summed E-state index contributed by atoms with van der Waals surface area (Å²) in [6.45, 7) is 2.48. The third-order valence-corrected chi connectivity index (χ3v) is 4.44. The molecule has 28 heavy (non-hydrogen) atoms. The first-order chi connectivity index (χ1) is 13.5. The van der Waals surface area contributed by atoms with Gasteiger partial charge in [0.2, 0.25) is 0 Å². The highest BCUT2D eigenvalue weighted by atomic mass is 16.2. The lowest BCUT2D eigenvalue weighted by molar-refractivity contribution is 0.649. The molecule has 9 heteroatoms. The second-order valence-corrected chi connectivity index (χ2v) is 6.51. The minimum atomic E-state index is -0.517. The van der Waals surface area contributed by atoms with E-state index >= 15 is 0 Å². The van der Waals surface area contributed by atoms with Crippen LogP contribution in [0.25, 0.3) is 22.7 Å². The van der Waals surface area contributed by atoms with E-state index < -0.39 is 11.2 Å². The first-order valence-corrected chi connectivity index (χ1v) is 8.57. The van der Waals surface area contributed by atoms with Crippen molar-refractivity contribution in [1.82, 2.24) is 34.1 Å². The van der Waals surface area contributed by atoms with Gasteiger partial charge in [-0.2, -0.15) is 0 Å². The minimum Gasteiger partial charge on any atom is -0.331 e. The van der Waals surface area contributed by atoms with Crippen LogP contribution in [0.3, 0.4) is 0 Å². The second kappa shape index (κ2) is 6.66. The zero-order valence-corrected chi connectivity index (χ0v) is 15.4. The van der Waals surface area contributed by atoms with Crippen LogP contribution < -0.4 is 11.2 Å². The molecule has 9 nitrogen and oxygen atoms in total. The quantitative estimate of drug-likeness (QED) is 0.528. The van der Waals surface area contributed by atoms with Gasteiger partial charge in [-0.3, -0.25) is 9.36 Å². The van der Waals surface area contributed by atoms with Gasteiger partial charge in [-0.05, 0) is 12.5 Å². The Morgan fingerprint density at radius 2 is 2.11 bits per heavy atom. The van der Waals surface area contributed by atoms with Gasteiger partial charge >= 0.3 is 5.69 Å². The topological polar surface area (TPSA) is 103 Å². The van der Waals surface area contributed by atoms with E-state index in [1.165, 1.54) is 17.2 Å². The van der Waals surface area contributed by atoms with Crippen LogP contribution in [0.4, 0.5) is 0 Å². The first kappa shape index (κ1) is 17.5. The molecule has 4 rings (SSSR count). The third-order valence-electron chi connectivity index (χ3n) is 4.44. The highest BCUT2D eigenvalue weighted by Gasteiger charge is 2.17. The molecule has 1 N–H and O–H groups in total. The van der Waals surface area contributed by atoms with Crippen LogP contribution in [0.15, 0.2) is 40.1 Å². The number of hydrogen-bond donors (Lipinski definition) is 1. The normalized spacial score (nSPS) is 11.0. The monoisotopic (exact) mass is 375 g/mol. The largest absolute Gasteiger partial charge is 0.333 e. The average Bonchev–Trinajstić information content (AvgIpc) is 3.31. The smallest absolute Gasteiger partial charge is 0.331 e.